The van der Waals surface area contributed by atoms with Crippen LogP contribution in [0.3, 0.4) is 0 Å². The molecule has 0 saturated carbocycles. The van der Waals surface area contributed by atoms with Gasteiger partial charge in [0.05, 0.1) is 19.2 Å². The number of piperidine rings is 3. The standard InChI is InChI=1S/C40H53N7O8/c1-26-22-27(23-33-36(26)43(2)39(51)54-33)24-34(37(49)45-17-10-29(11-18-45)28-8-15-44(16-9-28)25-35(48)42-53-3)55-40(52)46-19-13-31(14-20-46)47-21-12-30-6-4-5-7-32(30)41-38(47)50/h4-7,22-23,28-29,31,34H,8-21,24-25H2,1-3H3,(H,41,50)(H,42,48)/t34-/m1/s1. The lowest BCUT2D eigenvalue weighted by Gasteiger charge is -2.41. The number of oxazole rings is 1. The second-order valence-electron chi connectivity index (χ2n) is 15.5. The summed E-state index contributed by atoms with van der Waals surface area (Å²) in [6, 6.07) is 11.4. The van der Waals surface area contributed by atoms with E-state index in [1.165, 1.54) is 11.7 Å². The van der Waals surface area contributed by atoms with Crippen LogP contribution >= 0.6 is 0 Å². The molecule has 4 aliphatic rings. The predicted molar refractivity (Wildman–Crippen MR) is 204 cm³/mol. The van der Waals surface area contributed by atoms with Gasteiger partial charge in [0, 0.05) is 57.9 Å². The van der Waals surface area contributed by atoms with E-state index in [1.54, 1.807) is 18.0 Å². The van der Waals surface area contributed by atoms with Crippen LogP contribution in [0.1, 0.15) is 55.2 Å². The number of para-hydroxylation sites is 1. The summed E-state index contributed by atoms with van der Waals surface area (Å²) in [7, 11) is 3.09. The van der Waals surface area contributed by atoms with Gasteiger partial charge in [0.15, 0.2) is 11.7 Å². The molecule has 7 rings (SSSR count). The summed E-state index contributed by atoms with van der Waals surface area (Å²) in [5.41, 5.74) is 7.00. The highest BCUT2D eigenvalue weighted by atomic mass is 16.6. The molecule has 0 spiro atoms. The molecule has 2 N–H and O–H groups in total. The molecule has 0 radical (unpaired) electrons. The molecule has 3 fully saturated rings. The van der Waals surface area contributed by atoms with E-state index in [0.29, 0.717) is 75.0 Å². The zero-order valence-electron chi connectivity index (χ0n) is 32.1. The van der Waals surface area contributed by atoms with Crippen molar-refractivity contribution in [2.75, 3.05) is 64.8 Å². The first kappa shape index (κ1) is 38.4. The van der Waals surface area contributed by atoms with Gasteiger partial charge in [0.25, 0.3) is 11.8 Å². The van der Waals surface area contributed by atoms with E-state index in [4.69, 9.17) is 14.0 Å². The van der Waals surface area contributed by atoms with Gasteiger partial charge in [-0.15, -0.1) is 0 Å². The zero-order valence-corrected chi connectivity index (χ0v) is 32.1. The van der Waals surface area contributed by atoms with E-state index in [0.717, 1.165) is 67.6 Å². The van der Waals surface area contributed by atoms with Gasteiger partial charge in [0.1, 0.15) is 0 Å². The van der Waals surface area contributed by atoms with E-state index < -0.39 is 18.0 Å². The molecule has 15 nitrogen and oxygen atoms in total. The number of hydrogen-bond acceptors (Lipinski definition) is 9. The van der Waals surface area contributed by atoms with E-state index in [2.05, 4.69) is 15.7 Å². The minimum atomic E-state index is -1.06. The van der Waals surface area contributed by atoms with Crippen molar-refractivity contribution in [2.24, 2.45) is 18.9 Å². The van der Waals surface area contributed by atoms with Crippen molar-refractivity contribution in [3.05, 3.63) is 63.6 Å². The largest absolute Gasteiger partial charge is 0.436 e. The molecule has 3 saturated heterocycles. The molecule has 0 aliphatic carbocycles. The quantitative estimate of drug-likeness (QED) is 0.311. The van der Waals surface area contributed by atoms with Crippen molar-refractivity contribution in [1.29, 1.82) is 0 Å². The average molecular weight is 760 g/mol. The number of carbonyl (C=O) groups excluding carboxylic acids is 4. The van der Waals surface area contributed by atoms with E-state index in [-0.39, 0.29) is 30.3 Å². The molecule has 2 aromatic carbocycles. The number of nitrogens with zero attached hydrogens (tertiary/aromatic N) is 5. The highest BCUT2D eigenvalue weighted by Crippen LogP contribution is 2.33. The van der Waals surface area contributed by atoms with Gasteiger partial charge in [-0.2, -0.15) is 0 Å². The minimum Gasteiger partial charge on any atom is -0.436 e. The normalized spacial score (nSPS) is 19.8. The van der Waals surface area contributed by atoms with Crippen LogP contribution < -0.4 is 16.6 Å². The maximum Gasteiger partial charge on any atom is 0.419 e. The number of rotatable bonds is 9. The van der Waals surface area contributed by atoms with Crippen LogP contribution in [0, 0.1) is 18.8 Å². The molecular formula is C40H53N7O8. The Morgan fingerprint density at radius 1 is 0.909 bits per heavy atom. The van der Waals surface area contributed by atoms with Crippen molar-refractivity contribution in [2.45, 2.75) is 70.4 Å². The Hall–Kier alpha value is -4.89. The average Bonchev–Trinajstić information content (AvgIpc) is 3.36. The molecule has 296 valence electrons. The first-order valence-corrected chi connectivity index (χ1v) is 19.6. The lowest BCUT2D eigenvalue weighted by molar-refractivity contribution is -0.142. The Kier molecular flexibility index (Phi) is 11.8. The fourth-order valence-corrected chi connectivity index (χ4v) is 9.11. The number of aryl methyl sites for hydroxylation is 2. The van der Waals surface area contributed by atoms with E-state index in [1.807, 2.05) is 47.1 Å². The second kappa shape index (κ2) is 16.9. The van der Waals surface area contributed by atoms with Crippen LogP contribution in [-0.2, 0) is 39.1 Å². The van der Waals surface area contributed by atoms with Crippen LogP contribution in [0.4, 0.5) is 15.3 Å². The molecule has 15 heteroatoms. The molecule has 3 aromatic rings. The van der Waals surface area contributed by atoms with Gasteiger partial charge >= 0.3 is 17.9 Å². The number of hydroxylamine groups is 1. The van der Waals surface area contributed by atoms with Crippen molar-refractivity contribution < 1.29 is 33.2 Å². The fourth-order valence-electron chi connectivity index (χ4n) is 9.11. The monoisotopic (exact) mass is 759 g/mol. The lowest BCUT2D eigenvalue weighted by atomic mass is 9.78. The Morgan fingerprint density at radius 2 is 1.58 bits per heavy atom. The molecule has 1 atom stereocenters. The third-order valence-electron chi connectivity index (χ3n) is 12.1. The Balaban J connectivity index is 0.985. The van der Waals surface area contributed by atoms with Gasteiger partial charge in [-0.05, 0) is 106 Å². The van der Waals surface area contributed by atoms with E-state index >= 15 is 0 Å². The smallest absolute Gasteiger partial charge is 0.419 e. The summed E-state index contributed by atoms with van der Waals surface area (Å²) < 4.78 is 13.1. The number of ether oxygens (including phenoxy) is 1. The number of fused-ring (bicyclic) bond motifs is 2. The third-order valence-corrected chi connectivity index (χ3v) is 12.1. The number of hydrogen-bond donors (Lipinski definition) is 2. The Labute approximate surface area is 320 Å². The highest BCUT2D eigenvalue weighted by molar-refractivity contribution is 5.91. The number of urea groups is 1. The number of benzene rings is 2. The molecule has 55 heavy (non-hydrogen) atoms. The van der Waals surface area contributed by atoms with Crippen LogP contribution in [0.2, 0.25) is 0 Å². The number of aromatic nitrogens is 1. The number of likely N-dealkylation sites (tertiary alicyclic amines) is 3. The van der Waals surface area contributed by atoms with Gasteiger partial charge in [0.2, 0.25) is 0 Å². The molecule has 5 amide bonds. The van der Waals surface area contributed by atoms with Crippen molar-refractivity contribution in [3.63, 3.8) is 0 Å². The molecule has 4 aliphatic heterocycles. The summed E-state index contributed by atoms with van der Waals surface area (Å²) in [5.74, 6) is 0.164. The predicted octanol–water partition coefficient (Wildman–Crippen LogP) is 3.67. The highest BCUT2D eigenvalue weighted by Gasteiger charge is 2.37. The van der Waals surface area contributed by atoms with Gasteiger partial charge in [-0.25, -0.2) is 19.9 Å². The van der Waals surface area contributed by atoms with Gasteiger partial charge in [-0.1, -0.05) is 24.3 Å². The summed E-state index contributed by atoms with van der Waals surface area (Å²) in [5, 5.41) is 3.04. The second-order valence-corrected chi connectivity index (χ2v) is 15.5. The molecule has 0 unspecified atom stereocenters. The van der Waals surface area contributed by atoms with E-state index in [9.17, 15) is 24.0 Å². The van der Waals surface area contributed by atoms with Crippen LogP contribution in [0.15, 0.2) is 45.6 Å². The Morgan fingerprint density at radius 3 is 2.29 bits per heavy atom. The molecule has 0 bridgehead atoms. The first-order valence-electron chi connectivity index (χ1n) is 19.6. The molecule has 1 aromatic heterocycles. The zero-order chi connectivity index (χ0) is 38.6. The number of anilines is 1. The van der Waals surface area contributed by atoms with Crippen LogP contribution in [-0.4, -0.2) is 120 Å². The number of nitrogens with one attached hydrogen (secondary N) is 2. The SMILES string of the molecule is CONC(=O)CN1CCC(C2CCN(C(=O)[C@@H](Cc3cc(C)c4c(c3)oc(=O)n4C)OC(=O)N3CCC(N4CCc5ccccc5NC4=O)CC3)CC2)CC1. The van der Waals surface area contributed by atoms with Crippen molar-refractivity contribution >= 4 is 40.7 Å². The number of carbonyl (C=O) groups is 4. The van der Waals surface area contributed by atoms with Gasteiger partial charge in [-0.3, -0.25) is 23.9 Å². The topological polar surface area (TPSA) is 159 Å². The van der Waals surface area contributed by atoms with Crippen LogP contribution in [0.25, 0.3) is 11.1 Å². The van der Waals surface area contributed by atoms with Crippen molar-refractivity contribution in [1.82, 2.24) is 29.6 Å². The maximum atomic E-state index is 14.3. The first-order chi connectivity index (χ1) is 26.6. The molecule has 5 heterocycles. The van der Waals surface area contributed by atoms with Gasteiger partial charge < -0.3 is 29.2 Å². The summed E-state index contributed by atoms with van der Waals surface area (Å²) >= 11 is 0. The third kappa shape index (κ3) is 8.67. The number of amides is 5. The lowest BCUT2D eigenvalue weighted by Crippen LogP contribution is -2.52. The summed E-state index contributed by atoms with van der Waals surface area (Å²) in [4.78, 5) is 77.7. The minimum absolute atomic E-state index is 0.0188. The summed E-state index contributed by atoms with van der Waals surface area (Å²) in [6.45, 7) is 6.47. The molecular weight excluding hydrogens is 706 g/mol. The fraction of sp³-hybridized carbons (Fsp3) is 0.575. The maximum absolute atomic E-state index is 14.3. The van der Waals surface area contributed by atoms with Crippen LogP contribution in [0.5, 0.6) is 0 Å². The van der Waals surface area contributed by atoms with Crippen molar-refractivity contribution in [3.8, 4) is 0 Å². The Bertz CT molecular complexity index is 1940. The summed E-state index contributed by atoms with van der Waals surface area (Å²) in [6.07, 6.45) is 4.23.